The van der Waals surface area contributed by atoms with Crippen molar-refractivity contribution in [2.75, 3.05) is 0 Å². The molecule has 0 nitrogen and oxygen atoms in total. The lowest BCUT2D eigenvalue weighted by Gasteiger charge is -2.47. The van der Waals surface area contributed by atoms with Gasteiger partial charge in [0.2, 0.25) is 0 Å². The molecule has 0 unspecified atom stereocenters. The molecule has 0 aromatic rings. The molecule has 33 heavy (non-hydrogen) atoms. The molecule has 0 aromatic heterocycles. The molecule has 0 amide bonds. The lowest BCUT2D eigenvalue weighted by molar-refractivity contribution is 3.30. The van der Waals surface area contributed by atoms with E-state index in [9.17, 15) is 0 Å². The van der Waals surface area contributed by atoms with Crippen LogP contribution in [0.1, 0.15) is 0 Å². The van der Waals surface area contributed by atoms with Crippen molar-refractivity contribution in [3.05, 3.63) is 0 Å². The second-order valence-corrected chi connectivity index (χ2v) is 10.2. The second-order valence-electron chi connectivity index (χ2n) is 8.72. The van der Waals surface area contributed by atoms with E-state index in [0.717, 1.165) is 0 Å². The summed E-state index contributed by atoms with van der Waals surface area (Å²) < 4.78 is -0.564. The largest absolute Gasteiger partial charge is 0.173 e. The van der Waals surface area contributed by atoms with Crippen LogP contribution in [0.2, 0.25) is 0 Å². The van der Waals surface area contributed by atoms with Gasteiger partial charge in [-0.3, -0.25) is 0 Å². The Balaban J connectivity index is 7.11. The van der Waals surface area contributed by atoms with Crippen molar-refractivity contribution in [3.63, 3.8) is 0 Å². The Bertz CT molecular complexity index is 457. The smallest absolute Gasteiger partial charge is 0.120 e. The SMILES string of the molecule is [B][B]B([B])B(B([B])[B])B(B(I)B(B(B([B])[B])B([B])[B])B(B([B])[B])B([B])[B])B(B([B])[B])B([B])[B]. The molecule has 0 bridgehead atoms. The first-order valence-corrected chi connectivity index (χ1v) is 11.8. The monoisotopic (exact) mass is 479 g/mol. The standard InChI is InChI=1S/B32I/c1-17-25(16)29(24(14)15)31(28(22(10)11)23(12)13)32(33)30(26(18(2)3)19(4)5)27(20(6)7)21(8)9. The van der Waals surface area contributed by atoms with Crippen LogP contribution in [0.3, 0.4) is 0 Å². The molecule has 0 aliphatic heterocycles. The van der Waals surface area contributed by atoms with Gasteiger partial charge in [0.15, 0.2) is 0 Å². The van der Waals surface area contributed by atoms with Crippen molar-refractivity contribution >= 4 is 247 Å². The van der Waals surface area contributed by atoms with Crippen molar-refractivity contribution < 1.29 is 0 Å². The highest BCUT2D eigenvalue weighted by atomic mass is 127. The highest BCUT2D eigenvalue weighted by Gasteiger charge is 2.53. The van der Waals surface area contributed by atoms with Crippen LogP contribution in [-0.2, 0) is 0 Å². The van der Waals surface area contributed by atoms with Crippen LogP contribution in [0.4, 0.5) is 0 Å². The Morgan fingerprint density at radius 1 is 0.364 bits per heavy atom. The van der Waals surface area contributed by atoms with Gasteiger partial charge in [0, 0.05) is 220 Å². The molecular weight excluding hydrogens is 473 g/mol. The van der Waals surface area contributed by atoms with Gasteiger partial charge < -0.3 is 0 Å². The molecule has 0 N–H and O–H groups in total. The summed E-state index contributed by atoms with van der Waals surface area (Å²) >= 11 is 2.12. The van der Waals surface area contributed by atoms with Gasteiger partial charge in [0.25, 0.3) is 0 Å². The fraction of sp³-hybridized carbons (Fsp3) is 0. The van der Waals surface area contributed by atoms with Gasteiger partial charge in [-0.2, -0.15) is 22.4 Å². The molecule has 0 aromatic carbocycles. The molecule has 0 rings (SSSR count). The Hall–Kier alpha value is 2.81. The van der Waals surface area contributed by atoms with E-state index < -0.39 is 93.7 Å². The van der Waals surface area contributed by atoms with Gasteiger partial charge in [0.1, 0.15) is 4.35 Å². The Labute approximate surface area is 245 Å². The van der Waals surface area contributed by atoms with E-state index in [2.05, 4.69) is 22.4 Å². The third kappa shape index (κ3) is 10.1. The van der Waals surface area contributed by atoms with Gasteiger partial charge in [-0.05, 0) is 0 Å². The van der Waals surface area contributed by atoms with Crippen LogP contribution < -0.4 is 0 Å². The van der Waals surface area contributed by atoms with Gasteiger partial charge in [-0.15, -0.1) is 0 Å². The van der Waals surface area contributed by atoms with Gasteiger partial charge in [0.05, 0.1) is 0 Å². The van der Waals surface area contributed by atoms with Crippen molar-refractivity contribution in [3.8, 4) is 0 Å². The average Bonchev–Trinajstić information content (AvgIpc) is 2.63. The Morgan fingerprint density at radius 2 is 0.576 bits per heavy atom. The van der Waals surface area contributed by atoms with Crippen LogP contribution in [0.25, 0.3) is 0 Å². The van der Waals surface area contributed by atoms with Crippen LogP contribution in [0.5, 0.6) is 0 Å². The zero-order valence-corrected chi connectivity index (χ0v) is 21.0. The predicted molar refractivity (Wildman–Crippen MR) is 198 cm³/mol. The maximum absolute atomic E-state index is 6.28. The number of hydrogen-bond acceptors (Lipinski definition) is 0. The van der Waals surface area contributed by atoms with E-state index in [-0.39, 0.29) is 0 Å². The molecule has 0 saturated carbocycles. The summed E-state index contributed by atoms with van der Waals surface area (Å²) in [6.45, 7) is 0. The minimum absolute atomic E-state index is 0.564. The quantitative estimate of drug-likeness (QED) is 0.164. The molecule has 0 aliphatic rings. The molecule has 0 heterocycles. The molecule has 0 atom stereocenters. The lowest BCUT2D eigenvalue weighted by Crippen LogP contribution is -2.86. The highest BCUT2D eigenvalue weighted by Crippen LogP contribution is 2.19. The van der Waals surface area contributed by atoms with E-state index in [1.807, 2.05) is 0 Å². The minimum Gasteiger partial charge on any atom is -0.173 e. The third-order valence-electron chi connectivity index (χ3n) is 6.29. The number of hydrogen-bond donors (Lipinski definition) is 0. The van der Waals surface area contributed by atoms with Gasteiger partial charge >= 0.3 is 0 Å². The molecular formula is B32I. The lowest BCUT2D eigenvalue weighted by atomic mass is 8.36. The van der Waals surface area contributed by atoms with E-state index >= 15 is 0 Å². The number of halogens is 1. The molecule has 33 heteroatoms. The zero-order chi connectivity index (χ0) is 26.4. The summed E-state index contributed by atoms with van der Waals surface area (Å²) in [6, 6.07) is 0. The fourth-order valence-corrected chi connectivity index (χ4v) is 6.74. The van der Waals surface area contributed by atoms with E-state index in [0.29, 0.717) is 0 Å². The normalized spacial score (nSPS) is 9.48. The summed E-state index contributed by atoms with van der Waals surface area (Å²) in [6.07, 6.45) is -12.1. The molecule has 103 valence electrons. The van der Waals surface area contributed by atoms with Crippen LogP contribution >= 0.6 is 22.4 Å². The van der Waals surface area contributed by atoms with E-state index in [1.165, 1.54) is 7.06 Å². The van der Waals surface area contributed by atoms with Gasteiger partial charge in [-0.1, -0.05) is 0 Å². The maximum Gasteiger partial charge on any atom is 0.120 e. The van der Waals surface area contributed by atoms with Crippen LogP contribution in [-0.4, -0.2) is 225 Å². The third-order valence-corrected chi connectivity index (χ3v) is 7.95. The molecule has 0 spiro atoms. The van der Waals surface area contributed by atoms with Gasteiger partial charge in [-0.25, -0.2) is 0 Å². The average molecular weight is 473 g/mol. The second kappa shape index (κ2) is 16.7. The van der Waals surface area contributed by atoms with Crippen molar-refractivity contribution in [1.29, 1.82) is 0 Å². The van der Waals surface area contributed by atoms with Crippen LogP contribution in [0, 0.1) is 0 Å². The van der Waals surface area contributed by atoms with Crippen molar-refractivity contribution in [2.45, 2.75) is 0 Å². The van der Waals surface area contributed by atoms with Crippen LogP contribution in [0.15, 0.2) is 0 Å². The first-order chi connectivity index (χ1) is 15.0. The molecule has 33 radical (unpaired) electrons. The maximum atomic E-state index is 6.28. The summed E-state index contributed by atoms with van der Waals surface area (Å²) in [5.41, 5.74) is 0. The first-order valence-electron chi connectivity index (χ1n) is 10.6. The summed E-state index contributed by atoms with van der Waals surface area (Å²) in [4.78, 5) is 0. The zero-order valence-electron chi connectivity index (χ0n) is 18.9. The first kappa shape index (κ1) is 35.8. The Kier molecular flexibility index (Phi) is 18.1. The van der Waals surface area contributed by atoms with Crippen molar-refractivity contribution in [1.82, 2.24) is 0 Å². The molecule has 0 saturated heterocycles. The molecule has 0 fully saturated rings. The fourth-order valence-electron chi connectivity index (χ4n) is 4.83. The minimum atomic E-state index is -0.996. The molecule has 0 aliphatic carbocycles. The predicted octanol–water partition coefficient (Wildman–Crippen LogP) is -11.3. The highest BCUT2D eigenvalue weighted by molar-refractivity contribution is 14.1. The summed E-state index contributed by atoms with van der Waals surface area (Å²) in [5.74, 6) is 0. The van der Waals surface area contributed by atoms with E-state index in [4.69, 9.17) is 124 Å². The summed E-state index contributed by atoms with van der Waals surface area (Å²) in [7, 11) is 98.6. The Morgan fingerprint density at radius 3 is 0.758 bits per heavy atom. The topological polar surface area (TPSA) is 0 Å². The number of rotatable bonds is 15. The van der Waals surface area contributed by atoms with E-state index in [1.54, 1.807) is 0 Å². The van der Waals surface area contributed by atoms with Crippen molar-refractivity contribution in [2.24, 2.45) is 0 Å². The summed E-state index contributed by atoms with van der Waals surface area (Å²) in [5, 5.41) is 0.